The van der Waals surface area contributed by atoms with Gasteiger partial charge in [0, 0.05) is 6.04 Å². The number of nitrogens with two attached hydrogens (primary N) is 1. The van der Waals surface area contributed by atoms with E-state index in [4.69, 9.17) is 10.3 Å². The van der Waals surface area contributed by atoms with E-state index in [1.807, 2.05) is 20.8 Å². The van der Waals surface area contributed by atoms with Gasteiger partial charge in [-0.05, 0) is 20.8 Å². The number of anilines is 2. The Morgan fingerprint density at radius 2 is 2.18 bits per heavy atom. The number of nitrogen functional groups attached to an aromatic ring is 1. The largest absolute Gasteiger partial charge is 0.393 e. The Morgan fingerprint density at radius 1 is 1.55 bits per heavy atom. The van der Waals surface area contributed by atoms with E-state index in [0.29, 0.717) is 17.6 Å². The van der Waals surface area contributed by atoms with Gasteiger partial charge in [0.05, 0.1) is 0 Å². The molecule has 4 heteroatoms. The fraction of sp³-hybridized carbons (Fsp3) is 0.571. The Kier molecular flexibility index (Phi) is 2.03. The van der Waals surface area contributed by atoms with Crippen LogP contribution in [0.15, 0.2) is 4.52 Å². The van der Waals surface area contributed by atoms with Crippen molar-refractivity contribution in [2.24, 2.45) is 0 Å². The van der Waals surface area contributed by atoms with Crippen LogP contribution in [0.5, 0.6) is 0 Å². The van der Waals surface area contributed by atoms with Crippen molar-refractivity contribution in [1.29, 1.82) is 0 Å². The molecule has 0 saturated carbocycles. The van der Waals surface area contributed by atoms with Gasteiger partial charge in [-0.15, -0.1) is 0 Å². The lowest BCUT2D eigenvalue weighted by molar-refractivity contribution is 0.425. The molecule has 0 saturated heterocycles. The van der Waals surface area contributed by atoms with Crippen molar-refractivity contribution in [2.75, 3.05) is 11.1 Å². The van der Waals surface area contributed by atoms with Gasteiger partial charge in [0.2, 0.25) is 5.88 Å². The van der Waals surface area contributed by atoms with Gasteiger partial charge in [0.15, 0.2) is 0 Å². The zero-order chi connectivity index (χ0) is 8.43. The minimum Gasteiger partial charge on any atom is -0.393 e. The summed E-state index contributed by atoms with van der Waals surface area (Å²) in [5.41, 5.74) is 6.96. The first-order chi connectivity index (χ1) is 5.11. The summed E-state index contributed by atoms with van der Waals surface area (Å²) < 4.78 is 4.92. The molecule has 0 aromatic carbocycles. The first kappa shape index (κ1) is 7.91. The van der Waals surface area contributed by atoms with E-state index >= 15 is 0 Å². The molecule has 0 bridgehead atoms. The number of hydrogen-bond acceptors (Lipinski definition) is 4. The van der Waals surface area contributed by atoms with Crippen molar-refractivity contribution in [3.8, 4) is 0 Å². The minimum absolute atomic E-state index is 0.310. The highest BCUT2D eigenvalue weighted by Crippen LogP contribution is 2.21. The topological polar surface area (TPSA) is 64.1 Å². The van der Waals surface area contributed by atoms with Gasteiger partial charge in [-0.3, -0.25) is 0 Å². The second-order valence-corrected chi connectivity index (χ2v) is 2.81. The third-order valence-electron chi connectivity index (χ3n) is 1.33. The van der Waals surface area contributed by atoms with Crippen LogP contribution in [0, 0.1) is 6.92 Å². The van der Waals surface area contributed by atoms with Crippen LogP contribution in [0.25, 0.3) is 0 Å². The third-order valence-corrected chi connectivity index (χ3v) is 1.33. The highest BCUT2D eigenvalue weighted by atomic mass is 16.5. The van der Waals surface area contributed by atoms with E-state index < -0.39 is 0 Å². The van der Waals surface area contributed by atoms with Gasteiger partial charge in [0.25, 0.3) is 0 Å². The zero-order valence-electron chi connectivity index (χ0n) is 7.01. The van der Waals surface area contributed by atoms with E-state index in [0.717, 1.165) is 5.69 Å². The molecule has 1 aromatic rings. The highest BCUT2D eigenvalue weighted by molar-refractivity contribution is 5.61. The van der Waals surface area contributed by atoms with Crippen molar-refractivity contribution in [1.82, 2.24) is 5.16 Å². The molecule has 0 aliphatic rings. The molecule has 0 aliphatic carbocycles. The molecule has 11 heavy (non-hydrogen) atoms. The Hall–Kier alpha value is -1.19. The van der Waals surface area contributed by atoms with Crippen LogP contribution in [0.2, 0.25) is 0 Å². The predicted octanol–water partition coefficient (Wildman–Crippen LogP) is 1.39. The van der Waals surface area contributed by atoms with Crippen molar-refractivity contribution < 1.29 is 4.52 Å². The summed E-state index contributed by atoms with van der Waals surface area (Å²) in [4.78, 5) is 0. The predicted molar refractivity (Wildman–Crippen MR) is 44.4 cm³/mol. The molecule has 0 atom stereocenters. The van der Waals surface area contributed by atoms with Crippen LogP contribution < -0.4 is 11.1 Å². The first-order valence-corrected chi connectivity index (χ1v) is 3.59. The second kappa shape index (κ2) is 2.82. The van der Waals surface area contributed by atoms with Crippen LogP contribution >= 0.6 is 0 Å². The van der Waals surface area contributed by atoms with Gasteiger partial charge in [-0.2, -0.15) is 0 Å². The Labute approximate surface area is 65.7 Å². The summed E-state index contributed by atoms with van der Waals surface area (Å²) in [6, 6.07) is 0.310. The fourth-order valence-corrected chi connectivity index (χ4v) is 0.743. The molecule has 4 nitrogen and oxygen atoms in total. The summed E-state index contributed by atoms with van der Waals surface area (Å²) in [5, 5.41) is 6.75. The highest BCUT2D eigenvalue weighted by Gasteiger charge is 2.08. The Morgan fingerprint density at radius 3 is 2.55 bits per heavy atom. The van der Waals surface area contributed by atoms with E-state index in [-0.39, 0.29) is 0 Å². The monoisotopic (exact) mass is 155 g/mol. The molecule has 1 rings (SSSR count). The molecule has 3 N–H and O–H groups in total. The number of nitrogens with zero attached hydrogens (tertiary/aromatic N) is 1. The number of hydrogen-bond donors (Lipinski definition) is 2. The smallest absolute Gasteiger partial charge is 0.248 e. The van der Waals surface area contributed by atoms with Gasteiger partial charge < -0.3 is 15.6 Å². The molecule has 0 aliphatic heterocycles. The lowest BCUT2D eigenvalue weighted by Crippen LogP contribution is -2.10. The van der Waals surface area contributed by atoms with Crippen molar-refractivity contribution in [2.45, 2.75) is 26.8 Å². The standard InChI is InChI=1S/C7H13N3O/c1-4(2)9-7-6(8)5(3)10-11-7/h4,9H,8H2,1-3H3. The van der Waals surface area contributed by atoms with Crippen molar-refractivity contribution >= 4 is 11.6 Å². The zero-order valence-corrected chi connectivity index (χ0v) is 7.01. The summed E-state index contributed by atoms with van der Waals surface area (Å²) in [6.45, 7) is 5.83. The molecular formula is C7H13N3O. The minimum atomic E-state index is 0.310. The average Bonchev–Trinajstić information content (AvgIpc) is 2.18. The molecule has 62 valence electrons. The number of aryl methyl sites for hydroxylation is 1. The van der Waals surface area contributed by atoms with E-state index in [1.54, 1.807) is 0 Å². The van der Waals surface area contributed by atoms with Crippen molar-refractivity contribution in [3.63, 3.8) is 0 Å². The van der Waals surface area contributed by atoms with Gasteiger partial charge in [-0.25, -0.2) is 0 Å². The SMILES string of the molecule is Cc1noc(NC(C)C)c1N. The average molecular weight is 155 g/mol. The quantitative estimate of drug-likeness (QED) is 0.677. The molecule has 0 spiro atoms. The van der Waals surface area contributed by atoms with Crippen LogP contribution in [0.1, 0.15) is 19.5 Å². The molecule has 0 radical (unpaired) electrons. The van der Waals surface area contributed by atoms with Crippen LogP contribution in [-0.4, -0.2) is 11.2 Å². The number of aromatic nitrogens is 1. The molecule has 0 fully saturated rings. The number of rotatable bonds is 2. The first-order valence-electron chi connectivity index (χ1n) is 3.59. The van der Waals surface area contributed by atoms with Gasteiger partial charge >= 0.3 is 0 Å². The van der Waals surface area contributed by atoms with E-state index in [2.05, 4.69) is 10.5 Å². The molecule has 0 amide bonds. The maximum atomic E-state index is 5.63. The van der Waals surface area contributed by atoms with E-state index in [9.17, 15) is 0 Å². The van der Waals surface area contributed by atoms with Crippen LogP contribution in [-0.2, 0) is 0 Å². The summed E-state index contributed by atoms with van der Waals surface area (Å²) in [7, 11) is 0. The normalized spacial score (nSPS) is 10.5. The van der Waals surface area contributed by atoms with E-state index in [1.165, 1.54) is 0 Å². The van der Waals surface area contributed by atoms with Gasteiger partial charge in [-0.1, -0.05) is 5.16 Å². The summed E-state index contributed by atoms with van der Waals surface area (Å²) in [6.07, 6.45) is 0. The number of nitrogens with one attached hydrogen (secondary N) is 1. The Balaban J connectivity index is 2.79. The lowest BCUT2D eigenvalue weighted by atomic mass is 10.3. The maximum Gasteiger partial charge on any atom is 0.248 e. The maximum absolute atomic E-state index is 5.63. The molecule has 0 unspecified atom stereocenters. The fourth-order valence-electron chi connectivity index (χ4n) is 0.743. The Bertz CT molecular complexity index is 242. The third kappa shape index (κ3) is 1.63. The van der Waals surface area contributed by atoms with Gasteiger partial charge in [0.1, 0.15) is 11.4 Å². The molecule has 1 heterocycles. The molecule has 1 aromatic heterocycles. The summed E-state index contributed by atoms with van der Waals surface area (Å²) >= 11 is 0. The molecular weight excluding hydrogens is 142 g/mol. The summed E-state index contributed by atoms with van der Waals surface area (Å²) in [5.74, 6) is 0.567. The van der Waals surface area contributed by atoms with Crippen LogP contribution in [0.3, 0.4) is 0 Å². The van der Waals surface area contributed by atoms with Crippen LogP contribution in [0.4, 0.5) is 11.6 Å². The second-order valence-electron chi connectivity index (χ2n) is 2.81. The van der Waals surface area contributed by atoms with Crippen molar-refractivity contribution in [3.05, 3.63) is 5.69 Å². The lowest BCUT2D eigenvalue weighted by Gasteiger charge is -2.04.